The van der Waals surface area contributed by atoms with E-state index >= 15 is 0 Å². The molecule has 2 aliphatic rings. The fourth-order valence-corrected chi connectivity index (χ4v) is 4.98. The molecule has 0 unspecified atom stereocenters. The number of nitrogens with zero attached hydrogens (tertiary/aromatic N) is 3. The molecule has 34 heavy (non-hydrogen) atoms. The van der Waals surface area contributed by atoms with Gasteiger partial charge in [0.25, 0.3) is 0 Å². The summed E-state index contributed by atoms with van der Waals surface area (Å²) >= 11 is 18.8. The van der Waals surface area contributed by atoms with Crippen LogP contribution in [0.2, 0.25) is 15.1 Å². The molecule has 2 heterocycles. The first-order chi connectivity index (χ1) is 16.0. The van der Waals surface area contributed by atoms with Crippen LogP contribution in [0.5, 0.6) is 0 Å². The van der Waals surface area contributed by atoms with E-state index in [0.29, 0.717) is 41.2 Å². The molecule has 0 spiro atoms. The summed E-state index contributed by atoms with van der Waals surface area (Å²) in [6.45, 7) is 7.84. The molecule has 1 saturated heterocycles. The molecule has 1 amide bonds. The van der Waals surface area contributed by atoms with E-state index in [9.17, 15) is 9.90 Å². The third-order valence-corrected chi connectivity index (χ3v) is 6.69. The van der Waals surface area contributed by atoms with Crippen molar-refractivity contribution in [2.45, 2.75) is 32.4 Å². The minimum absolute atomic E-state index is 0.0550. The van der Waals surface area contributed by atoms with Crippen molar-refractivity contribution in [3.63, 3.8) is 0 Å². The van der Waals surface area contributed by atoms with Gasteiger partial charge < -0.3 is 19.6 Å². The number of aliphatic hydroxyl groups excluding tert-OH is 1. The van der Waals surface area contributed by atoms with E-state index in [-0.39, 0.29) is 18.3 Å². The maximum atomic E-state index is 12.6. The highest BCUT2D eigenvalue weighted by atomic mass is 35.5. The number of rotatable bonds is 3. The van der Waals surface area contributed by atoms with Crippen LogP contribution in [0.4, 0.5) is 10.5 Å². The van der Waals surface area contributed by atoms with Gasteiger partial charge in [0.2, 0.25) is 0 Å². The molecule has 0 aliphatic carbocycles. The molecule has 2 aromatic carbocycles. The number of ether oxygens (including phenoxy) is 1. The summed E-state index contributed by atoms with van der Waals surface area (Å²) in [5.74, 6) is 0.193. The molecular formula is C25H28Cl3N3O3. The quantitative estimate of drug-likeness (QED) is 0.495. The highest BCUT2D eigenvalue weighted by Crippen LogP contribution is 2.38. The Kier molecular flexibility index (Phi) is 7.13. The molecule has 2 aromatic rings. The van der Waals surface area contributed by atoms with Crippen LogP contribution in [0, 0.1) is 0 Å². The second-order valence-electron chi connectivity index (χ2n) is 9.53. The minimum Gasteiger partial charge on any atom is -0.509 e. The van der Waals surface area contributed by atoms with Gasteiger partial charge in [0, 0.05) is 29.7 Å². The maximum Gasteiger partial charge on any atom is 0.411 e. The summed E-state index contributed by atoms with van der Waals surface area (Å²) in [5.41, 5.74) is 2.11. The molecular weight excluding hydrogens is 497 g/mol. The van der Waals surface area contributed by atoms with Crippen molar-refractivity contribution in [2.24, 2.45) is 0 Å². The minimum atomic E-state index is -0.599. The van der Waals surface area contributed by atoms with Gasteiger partial charge >= 0.3 is 6.09 Å². The standard InChI is InChI=1S/C25H28Cl3N3O3/c1-25(2,3)34-24(33)30-14-22(23(32)15-30)29-10-11-31(20-9-8-18(27)12-19(20)28)21(13-29)16-4-6-17(26)7-5-16/h4-9,12,21,32H,10-11,13-15H2,1-3H3/t21-/m0/s1. The number of halogens is 3. The van der Waals surface area contributed by atoms with Crippen molar-refractivity contribution in [2.75, 3.05) is 37.6 Å². The molecule has 0 saturated carbocycles. The Labute approximate surface area is 215 Å². The van der Waals surface area contributed by atoms with E-state index < -0.39 is 11.7 Å². The lowest BCUT2D eigenvalue weighted by Gasteiger charge is -2.44. The number of amides is 1. The molecule has 0 aromatic heterocycles. The van der Waals surface area contributed by atoms with Gasteiger partial charge in [0.15, 0.2) is 0 Å². The van der Waals surface area contributed by atoms with Crippen molar-refractivity contribution >= 4 is 46.6 Å². The van der Waals surface area contributed by atoms with E-state index in [4.69, 9.17) is 39.5 Å². The molecule has 2 aliphatic heterocycles. The molecule has 0 radical (unpaired) electrons. The van der Waals surface area contributed by atoms with Crippen LogP contribution >= 0.6 is 34.8 Å². The normalized spacial score (nSPS) is 19.1. The van der Waals surface area contributed by atoms with Gasteiger partial charge in [-0.1, -0.05) is 46.9 Å². The van der Waals surface area contributed by atoms with Crippen molar-refractivity contribution in [3.8, 4) is 0 Å². The number of benzene rings is 2. The van der Waals surface area contributed by atoms with Crippen LogP contribution in [-0.4, -0.2) is 59.3 Å². The Bertz CT molecular complexity index is 1100. The first kappa shape index (κ1) is 24.8. The van der Waals surface area contributed by atoms with Gasteiger partial charge in [-0.15, -0.1) is 0 Å². The van der Waals surface area contributed by atoms with E-state index in [1.165, 1.54) is 4.90 Å². The first-order valence-electron chi connectivity index (χ1n) is 11.1. The van der Waals surface area contributed by atoms with Crippen LogP contribution in [0.1, 0.15) is 32.4 Å². The summed E-state index contributed by atoms with van der Waals surface area (Å²) in [5, 5.41) is 12.6. The Hall–Kier alpha value is -2.28. The topological polar surface area (TPSA) is 56.2 Å². The third kappa shape index (κ3) is 5.51. The maximum absolute atomic E-state index is 12.6. The average molecular weight is 525 g/mol. The first-order valence-corrected chi connectivity index (χ1v) is 12.3. The number of aliphatic hydroxyl groups is 1. The van der Waals surface area contributed by atoms with Gasteiger partial charge in [-0.2, -0.15) is 0 Å². The smallest absolute Gasteiger partial charge is 0.411 e. The highest BCUT2D eigenvalue weighted by Gasteiger charge is 2.36. The Morgan fingerprint density at radius 3 is 2.32 bits per heavy atom. The Morgan fingerprint density at radius 2 is 1.68 bits per heavy atom. The predicted octanol–water partition coefficient (Wildman–Crippen LogP) is 6.53. The fraction of sp³-hybridized carbons (Fsp3) is 0.400. The monoisotopic (exact) mass is 523 g/mol. The molecule has 1 fully saturated rings. The second kappa shape index (κ2) is 9.76. The summed E-state index contributed by atoms with van der Waals surface area (Å²) in [4.78, 5) is 18.5. The zero-order valence-electron chi connectivity index (χ0n) is 19.4. The highest BCUT2D eigenvalue weighted by molar-refractivity contribution is 6.36. The van der Waals surface area contributed by atoms with E-state index in [0.717, 1.165) is 16.9 Å². The van der Waals surface area contributed by atoms with E-state index in [1.54, 1.807) is 6.07 Å². The summed E-state index contributed by atoms with van der Waals surface area (Å²) < 4.78 is 5.49. The largest absolute Gasteiger partial charge is 0.509 e. The zero-order valence-corrected chi connectivity index (χ0v) is 21.7. The van der Waals surface area contributed by atoms with Crippen LogP contribution in [0.15, 0.2) is 53.9 Å². The van der Waals surface area contributed by atoms with Gasteiger partial charge in [0.1, 0.15) is 11.4 Å². The zero-order chi connectivity index (χ0) is 24.6. The molecule has 182 valence electrons. The summed E-state index contributed by atoms with van der Waals surface area (Å²) in [6, 6.07) is 13.2. The van der Waals surface area contributed by atoms with Gasteiger partial charge in [-0.25, -0.2) is 4.79 Å². The molecule has 9 heteroatoms. The lowest BCUT2D eigenvalue weighted by atomic mass is 10.0. The molecule has 0 bridgehead atoms. The second-order valence-corrected chi connectivity index (χ2v) is 10.8. The molecule has 1 atom stereocenters. The van der Waals surface area contributed by atoms with E-state index in [2.05, 4.69) is 9.80 Å². The number of carbonyl (C=O) groups excluding carboxylic acids is 1. The molecule has 1 N–H and O–H groups in total. The number of carbonyl (C=O) groups is 1. The van der Waals surface area contributed by atoms with Crippen molar-refractivity contribution in [1.29, 1.82) is 0 Å². The predicted molar refractivity (Wildman–Crippen MR) is 137 cm³/mol. The van der Waals surface area contributed by atoms with Gasteiger partial charge in [-0.05, 0) is 56.7 Å². The van der Waals surface area contributed by atoms with Gasteiger partial charge in [0.05, 0.1) is 35.5 Å². The average Bonchev–Trinajstić information content (AvgIpc) is 3.15. The number of hydrogen-bond acceptors (Lipinski definition) is 5. The summed E-state index contributed by atoms with van der Waals surface area (Å²) in [7, 11) is 0. The van der Waals surface area contributed by atoms with E-state index in [1.807, 2.05) is 57.2 Å². The lowest BCUT2D eigenvalue weighted by Crippen LogP contribution is -2.49. The van der Waals surface area contributed by atoms with Crippen molar-refractivity contribution in [1.82, 2.24) is 9.80 Å². The number of hydrogen-bond donors (Lipinski definition) is 1. The molecule has 4 rings (SSSR count). The van der Waals surface area contributed by atoms with Crippen LogP contribution in [-0.2, 0) is 4.74 Å². The van der Waals surface area contributed by atoms with Crippen LogP contribution in [0.3, 0.4) is 0 Å². The lowest BCUT2D eigenvalue weighted by molar-refractivity contribution is 0.0284. The van der Waals surface area contributed by atoms with Crippen molar-refractivity contribution in [3.05, 3.63) is 74.6 Å². The van der Waals surface area contributed by atoms with Gasteiger partial charge in [-0.3, -0.25) is 4.90 Å². The Balaban J connectivity index is 1.58. The van der Waals surface area contributed by atoms with Crippen LogP contribution in [0.25, 0.3) is 0 Å². The fourth-order valence-electron chi connectivity index (χ4n) is 4.34. The number of anilines is 1. The summed E-state index contributed by atoms with van der Waals surface area (Å²) in [6.07, 6.45) is -0.435. The Morgan fingerprint density at radius 1 is 1.00 bits per heavy atom. The SMILES string of the molecule is CC(C)(C)OC(=O)N1CC(O)=C(N2CCN(c3ccc(Cl)cc3Cl)[C@H](c3ccc(Cl)cc3)C2)C1. The third-order valence-electron chi connectivity index (χ3n) is 5.90. The van der Waals surface area contributed by atoms with Crippen LogP contribution < -0.4 is 4.90 Å². The van der Waals surface area contributed by atoms with Crippen molar-refractivity contribution < 1.29 is 14.6 Å². The molecule has 6 nitrogen and oxygen atoms in total. The number of piperazine rings is 1.